The van der Waals surface area contributed by atoms with Crippen LogP contribution in [0, 0.1) is 5.92 Å². The first-order valence-corrected chi connectivity index (χ1v) is 6.13. The molecule has 0 aliphatic carbocycles. The van der Waals surface area contributed by atoms with E-state index in [1.165, 1.54) is 7.11 Å². The van der Waals surface area contributed by atoms with Crippen LogP contribution in [0.4, 0.5) is 4.79 Å². The molecule has 104 valence electrons. The van der Waals surface area contributed by atoms with Crippen molar-refractivity contribution < 1.29 is 19.1 Å². The van der Waals surface area contributed by atoms with Crippen LogP contribution in [-0.4, -0.2) is 31.8 Å². The van der Waals surface area contributed by atoms with Crippen LogP contribution in [0.5, 0.6) is 0 Å². The topological polar surface area (TPSA) is 64.6 Å². The number of hydrogen-bond acceptors (Lipinski definition) is 4. The van der Waals surface area contributed by atoms with Gasteiger partial charge in [-0.1, -0.05) is 19.9 Å². The van der Waals surface area contributed by atoms with E-state index in [1.807, 2.05) is 0 Å². The smallest absolute Gasteiger partial charge is 0.407 e. The van der Waals surface area contributed by atoms with Gasteiger partial charge in [-0.05, 0) is 25.2 Å². The SMILES string of the molecule is C=CCC(NC(=O)OC)C(=O)OCCCC(C)C. The zero-order valence-electron chi connectivity index (χ0n) is 11.4. The van der Waals surface area contributed by atoms with Crippen LogP contribution in [0.2, 0.25) is 0 Å². The van der Waals surface area contributed by atoms with E-state index in [0.717, 1.165) is 12.8 Å². The molecule has 0 heterocycles. The maximum absolute atomic E-state index is 11.7. The summed E-state index contributed by atoms with van der Waals surface area (Å²) in [5.74, 6) is 0.130. The van der Waals surface area contributed by atoms with Crippen molar-refractivity contribution >= 4 is 12.1 Å². The van der Waals surface area contributed by atoms with Crippen LogP contribution in [0.25, 0.3) is 0 Å². The molecule has 0 fully saturated rings. The average molecular weight is 257 g/mol. The molecular weight excluding hydrogens is 234 g/mol. The van der Waals surface area contributed by atoms with Crippen molar-refractivity contribution in [2.45, 2.75) is 39.2 Å². The quantitative estimate of drug-likeness (QED) is 0.411. The summed E-state index contributed by atoms with van der Waals surface area (Å²) in [6.45, 7) is 8.13. The minimum absolute atomic E-state index is 0.318. The van der Waals surface area contributed by atoms with Crippen molar-refractivity contribution in [3.63, 3.8) is 0 Å². The number of methoxy groups -OCH3 is 1. The number of amides is 1. The van der Waals surface area contributed by atoms with Crippen LogP contribution < -0.4 is 5.32 Å². The van der Waals surface area contributed by atoms with Gasteiger partial charge in [0.2, 0.25) is 0 Å². The summed E-state index contributed by atoms with van der Waals surface area (Å²) in [5, 5.41) is 2.41. The highest BCUT2D eigenvalue weighted by Gasteiger charge is 2.20. The lowest BCUT2D eigenvalue weighted by molar-refractivity contribution is -0.146. The van der Waals surface area contributed by atoms with Gasteiger partial charge in [0.25, 0.3) is 0 Å². The second-order valence-electron chi connectivity index (χ2n) is 4.42. The molecule has 0 aromatic carbocycles. The van der Waals surface area contributed by atoms with Gasteiger partial charge in [-0.15, -0.1) is 6.58 Å². The molecule has 0 spiro atoms. The van der Waals surface area contributed by atoms with Crippen molar-refractivity contribution in [1.82, 2.24) is 5.32 Å². The molecule has 1 atom stereocenters. The summed E-state index contributed by atoms with van der Waals surface area (Å²) in [7, 11) is 1.24. The lowest BCUT2D eigenvalue weighted by atomic mass is 10.1. The molecule has 0 radical (unpaired) electrons. The molecule has 0 saturated carbocycles. The minimum atomic E-state index is -0.728. The van der Waals surface area contributed by atoms with Gasteiger partial charge >= 0.3 is 12.1 Å². The normalized spacial score (nSPS) is 11.8. The standard InChI is InChI=1S/C13H23NO4/c1-5-7-11(14-13(16)17-4)12(15)18-9-6-8-10(2)3/h5,10-11H,1,6-9H2,2-4H3,(H,14,16). The molecule has 1 N–H and O–H groups in total. The second-order valence-corrected chi connectivity index (χ2v) is 4.42. The Morgan fingerprint density at radius 1 is 1.39 bits per heavy atom. The number of nitrogens with one attached hydrogen (secondary N) is 1. The maximum atomic E-state index is 11.7. The first kappa shape index (κ1) is 16.5. The molecule has 5 heteroatoms. The van der Waals surface area contributed by atoms with Crippen molar-refractivity contribution in [2.75, 3.05) is 13.7 Å². The van der Waals surface area contributed by atoms with Gasteiger partial charge in [0.1, 0.15) is 6.04 Å². The van der Waals surface area contributed by atoms with Gasteiger partial charge in [0.15, 0.2) is 0 Å². The molecule has 1 amide bonds. The van der Waals surface area contributed by atoms with E-state index in [4.69, 9.17) is 4.74 Å². The van der Waals surface area contributed by atoms with Gasteiger partial charge in [0, 0.05) is 0 Å². The lowest BCUT2D eigenvalue weighted by Crippen LogP contribution is -2.41. The Balaban J connectivity index is 4.05. The van der Waals surface area contributed by atoms with Gasteiger partial charge in [0.05, 0.1) is 13.7 Å². The summed E-state index contributed by atoms with van der Waals surface area (Å²) in [6.07, 6.45) is 3.04. The van der Waals surface area contributed by atoms with E-state index in [1.54, 1.807) is 6.08 Å². The van der Waals surface area contributed by atoms with Crippen LogP contribution in [0.15, 0.2) is 12.7 Å². The van der Waals surface area contributed by atoms with Gasteiger partial charge in [-0.25, -0.2) is 9.59 Å². The number of esters is 1. The maximum Gasteiger partial charge on any atom is 0.407 e. The fourth-order valence-corrected chi connectivity index (χ4v) is 1.35. The van der Waals surface area contributed by atoms with E-state index >= 15 is 0 Å². The molecule has 0 rings (SSSR count). The average Bonchev–Trinajstić information content (AvgIpc) is 2.33. The second kappa shape index (κ2) is 9.50. The highest BCUT2D eigenvalue weighted by molar-refractivity contribution is 5.81. The Labute approximate surface area is 109 Å². The Kier molecular flexibility index (Phi) is 8.70. The molecular formula is C13H23NO4. The molecule has 0 aliphatic heterocycles. The molecule has 18 heavy (non-hydrogen) atoms. The van der Waals surface area contributed by atoms with Crippen molar-refractivity contribution in [1.29, 1.82) is 0 Å². The Hall–Kier alpha value is -1.52. The Morgan fingerprint density at radius 3 is 2.56 bits per heavy atom. The first-order chi connectivity index (χ1) is 8.51. The molecule has 0 aromatic rings. The third kappa shape index (κ3) is 7.70. The van der Waals surface area contributed by atoms with Crippen LogP contribution in [0.1, 0.15) is 33.1 Å². The molecule has 5 nitrogen and oxygen atoms in total. The van der Waals surface area contributed by atoms with E-state index in [9.17, 15) is 9.59 Å². The number of alkyl carbamates (subject to hydrolysis) is 1. The van der Waals surface area contributed by atoms with Gasteiger partial charge in [-0.3, -0.25) is 0 Å². The highest BCUT2D eigenvalue weighted by atomic mass is 16.5. The van der Waals surface area contributed by atoms with Crippen molar-refractivity contribution in [2.24, 2.45) is 5.92 Å². The molecule has 0 bridgehead atoms. The fraction of sp³-hybridized carbons (Fsp3) is 0.692. The van der Waals surface area contributed by atoms with Gasteiger partial charge < -0.3 is 14.8 Å². The van der Waals surface area contributed by atoms with Crippen LogP contribution in [0.3, 0.4) is 0 Å². The molecule has 0 aromatic heterocycles. The fourth-order valence-electron chi connectivity index (χ4n) is 1.35. The van der Waals surface area contributed by atoms with E-state index in [2.05, 4.69) is 30.5 Å². The lowest BCUT2D eigenvalue weighted by Gasteiger charge is -2.15. The predicted octanol–water partition coefficient (Wildman–Crippen LogP) is 2.27. The minimum Gasteiger partial charge on any atom is -0.464 e. The third-order valence-electron chi connectivity index (χ3n) is 2.33. The highest BCUT2D eigenvalue weighted by Crippen LogP contribution is 2.04. The molecule has 0 aliphatic rings. The van der Waals surface area contributed by atoms with Crippen LogP contribution in [-0.2, 0) is 14.3 Å². The summed E-state index contributed by atoms with van der Waals surface area (Å²) in [4.78, 5) is 22.7. The summed E-state index contributed by atoms with van der Waals surface area (Å²) in [6, 6.07) is -0.728. The van der Waals surface area contributed by atoms with E-state index in [-0.39, 0.29) is 0 Å². The largest absolute Gasteiger partial charge is 0.464 e. The van der Waals surface area contributed by atoms with E-state index in [0.29, 0.717) is 18.9 Å². The van der Waals surface area contributed by atoms with E-state index < -0.39 is 18.1 Å². The Morgan fingerprint density at radius 2 is 2.06 bits per heavy atom. The predicted molar refractivity (Wildman–Crippen MR) is 69.2 cm³/mol. The number of carbonyl (C=O) groups excluding carboxylic acids is 2. The number of rotatable bonds is 8. The van der Waals surface area contributed by atoms with Crippen molar-refractivity contribution in [3.8, 4) is 0 Å². The summed E-state index contributed by atoms with van der Waals surface area (Å²) in [5.41, 5.74) is 0. The van der Waals surface area contributed by atoms with Crippen molar-refractivity contribution in [3.05, 3.63) is 12.7 Å². The monoisotopic (exact) mass is 257 g/mol. The van der Waals surface area contributed by atoms with Crippen LogP contribution >= 0.6 is 0 Å². The zero-order chi connectivity index (χ0) is 14.0. The third-order valence-corrected chi connectivity index (χ3v) is 2.33. The molecule has 1 unspecified atom stereocenters. The Bertz CT molecular complexity index is 276. The van der Waals surface area contributed by atoms with Gasteiger partial charge in [-0.2, -0.15) is 0 Å². The number of carbonyl (C=O) groups is 2. The summed E-state index contributed by atoms with van der Waals surface area (Å²) >= 11 is 0. The first-order valence-electron chi connectivity index (χ1n) is 6.13. The number of hydrogen-bond donors (Lipinski definition) is 1. The summed E-state index contributed by atoms with van der Waals surface area (Å²) < 4.78 is 9.54. The number of ether oxygens (including phenoxy) is 2. The zero-order valence-corrected chi connectivity index (χ0v) is 11.4. The molecule has 0 saturated heterocycles.